The second-order valence-corrected chi connectivity index (χ2v) is 5.68. The summed E-state index contributed by atoms with van der Waals surface area (Å²) >= 11 is 0. The van der Waals surface area contributed by atoms with E-state index in [-0.39, 0.29) is 0 Å². The number of fused-ring (bicyclic) bond motifs is 3. The van der Waals surface area contributed by atoms with Gasteiger partial charge in [-0.3, -0.25) is 0 Å². The lowest BCUT2D eigenvalue weighted by molar-refractivity contribution is 1.21. The van der Waals surface area contributed by atoms with Crippen LogP contribution in [-0.2, 0) is 0 Å². The summed E-state index contributed by atoms with van der Waals surface area (Å²) in [5, 5.41) is 5.26. The highest BCUT2D eigenvalue weighted by molar-refractivity contribution is 6.09. The average Bonchev–Trinajstić information content (AvgIpc) is 2.61. The van der Waals surface area contributed by atoms with E-state index in [1.54, 1.807) is 0 Å². The Labute approximate surface area is 131 Å². The maximum atomic E-state index is 2.25. The van der Waals surface area contributed by atoms with Gasteiger partial charge in [-0.15, -0.1) is 0 Å². The first-order chi connectivity index (χ1) is 10.8. The fourth-order valence-corrected chi connectivity index (χ4v) is 3.21. The van der Waals surface area contributed by atoms with Crippen LogP contribution in [0.4, 0.5) is 0 Å². The van der Waals surface area contributed by atoms with Gasteiger partial charge in [-0.25, -0.2) is 0 Å². The van der Waals surface area contributed by atoms with Gasteiger partial charge >= 0.3 is 0 Å². The molecule has 22 heavy (non-hydrogen) atoms. The molecule has 1 radical (unpaired) electrons. The maximum absolute atomic E-state index is 2.25. The second kappa shape index (κ2) is 5.31. The van der Waals surface area contributed by atoms with Gasteiger partial charge in [0.15, 0.2) is 0 Å². The Morgan fingerprint density at radius 3 is 2.14 bits per heavy atom. The topological polar surface area (TPSA) is 0 Å². The van der Waals surface area contributed by atoms with Crippen molar-refractivity contribution in [3.05, 3.63) is 102 Å². The molecule has 0 aliphatic heterocycles. The molecule has 0 saturated heterocycles. The van der Waals surface area contributed by atoms with Crippen molar-refractivity contribution in [2.45, 2.75) is 6.92 Å². The number of rotatable bonds is 2. The van der Waals surface area contributed by atoms with Crippen LogP contribution in [0, 0.1) is 5.92 Å². The molecule has 0 fully saturated rings. The van der Waals surface area contributed by atoms with E-state index in [1.165, 1.54) is 38.6 Å². The first-order valence-electron chi connectivity index (χ1n) is 7.64. The highest BCUT2D eigenvalue weighted by atomic mass is 14.2. The van der Waals surface area contributed by atoms with Crippen LogP contribution in [0.3, 0.4) is 0 Å². The molecule has 0 saturated carbocycles. The van der Waals surface area contributed by atoms with Crippen LogP contribution in [0.25, 0.3) is 21.5 Å². The molecular formula is C22H17. The summed E-state index contributed by atoms with van der Waals surface area (Å²) in [6.07, 6.45) is 0. The Morgan fingerprint density at radius 2 is 1.27 bits per heavy atom. The van der Waals surface area contributed by atoms with Gasteiger partial charge in [-0.05, 0) is 32.7 Å². The molecule has 105 valence electrons. The highest BCUT2D eigenvalue weighted by Gasteiger charge is 2.12. The summed E-state index contributed by atoms with van der Waals surface area (Å²) in [6.45, 7) is 2.21. The van der Waals surface area contributed by atoms with Gasteiger partial charge in [0.05, 0.1) is 0 Å². The van der Waals surface area contributed by atoms with Gasteiger partial charge in [0.2, 0.25) is 0 Å². The average molecular weight is 281 g/mol. The van der Waals surface area contributed by atoms with Crippen molar-refractivity contribution in [1.29, 1.82) is 0 Å². The van der Waals surface area contributed by atoms with E-state index in [9.17, 15) is 0 Å². The van der Waals surface area contributed by atoms with E-state index in [0.29, 0.717) is 0 Å². The molecule has 0 aliphatic rings. The molecule has 0 unspecified atom stereocenters. The van der Waals surface area contributed by atoms with Gasteiger partial charge in [0.1, 0.15) is 0 Å². The minimum atomic E-state index is 1.28. The Hall–Kier alpha value is -2.60. The van der Waals surface area contributed by atoms with Crippen LogP contribution < -0.4 is 0 Å². The van der Waals surface area contributed by atoms with Crippen molar-refractivity contribution in [1.82, 2.24) is 0 Å². The van der Waals surface area contributed by atoms with E-state index < -0.39 is 0 Å². The minimum Gasteiger partial charge on any atom is -0.0622 e. The summed E-state index contributed by atoms with van der Waals surface area (Å²) in [5.41, 5.74) is 2.60. The molecule has 0 N–H and O–H groups in total. The lowest BCUT2D eigenvalue weighted by Crippen LogP contribution is -1.98. The van der Waals surface area contributed by atoms with E-state index >= 15 is 0 Å². The van der Waals surface area contributed by atoms with Crippen molar-refractivity contribution in [3.8, 4) is 0 Å². The standard InChI is InChI=1S/C22H17/c1-16(17-8-3-2-4-9-17)19-12-7-13-21-20-11-6-5-10-18(20)14-15-22(19)21/h2-15H,1H3. The zero-order valence-electron chi connectivity index (χ0n) is 12.6. The molecular weight excluding hydrogens is 264 g/mol. The Bertz CT molecular complexity index is 936. The Morgan fingerprint density at radius 1 is 0.545 bits per heavy atom. The van der Waals surface area contributed by atoms with E-state index in [4.69, 9.17) is 0 Å². The van der Waals surface area contributed by atoms with Gasteiger partial charge in [0.25, 0.3) is 0 Å². The van der Waals surface area contributed by atoms with Crippen molar-refractivity contribution >= 4 is 21.5 Å². The molecule has 0 aliphatic carbocycles. The zero-order valence-corrected chi connectivity index (χ0v) is 12.6. The van der Waals surface area contributed by atoms with Crippen LogP contribution in [0.15, 0.2) is 84.9 Å². The summed E-state index contributed by atoms with van der Waals surface area (Å²) in [6, 6.07) is 30.3. The lowest BCUT2D eigenvalue weighted by atomic mass is 9.88. The molecule has 0 heterocycles. The van der Waals surface area contributed by atoms with Crippen LogP contribution in [0.5, 0.6) is 0 Å². The van der Waals surface area contributed by atoms with Gasteiger partial charge in [-0.2, -0.15) is 0 Å². The van der Waals surface area contributed by atoms with E-state index in [1.807, 2.05) is 0 Å². The molecule has 0 aromatic heterocycles. The zero-order chi connectivity index (χ0) is 14.9. The molecule has 4 aromatic carbocycles. The fraction of sp³-hybridized carbons (Fsp3) is 0.0455. The highest BCUT2D eigenvalue weighted by Crippen LogP contribution is 2.33. The first-order valence-corrected chi connectivity index (χ1v) is 7.64. The molecule has 0 spiro atoms. The largest absolute Gasteiger partial charge is 0.0622 e. The van der Waals surface area contributed by atoms with Gasteiger partial charge < -0.3 is 0 Å². The van der Waals surface area contributed by atoms with Crippen LogP contribution in [0.2, 0.25) is 0 Å². The molecule has 0 amide bonds. The molecule has 0 nitrogen and oxygen atoms in total. The van der Waals surface area contributed by atoms with Crippen LogP contribution >= 0.6 is 0 Å². The Balaban J connectivity index is 1.97. The van der Waals surface area contributed by atoms with Crippen LogP contribution in [-0.4, -0.2) is 0 Å². The minimum absolute atomic E-state index is 1.28. The summed E-state index contributed by atoms with van der Waals surface area (Å²) < 4.78 is 0. The molecule has 4 rings (SSSR count). The van der Waals surface area contributed by atoms with Crippen molar-refractivity contribution in [2.24, 2.45) is 0 Å². The third-order valence-electron chi connectivity index (χ3n) is 4.40. The predicted octanol–water partition coefficient (Wildman–Crippen LogP) is 5.98. The molecule has 4 aromatic rings. The lowest BCUT2D eigenvalue weighted by Gasteiger charge is -2.15. The Kier molecular flexibility index (Phi) is 3.16. The molecule has 0 heteroatoms. The summed E-state index contributed by atoms with van der Waals surface area (Å²) in [5.74, 6) is 1.32. The normalized spacial score (nSPS) is 11.4. The van der Waals surface area contributed by atoms with Crippen molar-refractivity contribution in [3.63, 3.8) is 0 Å². The summed E-state index contributed by atoms with van der Waals surface area (Å²) in [4.78, 5) is 0. The van der Waals surface area contributed by atoms with E-state index in [2.05, 4.69) is 91.9 Å². The van der Waals surface area contributed by atoms with Gasteiger partial charge in [0, 0.05) is 5.92 Å². The number of benzene rings is 4. The van der Waals surface area contributed by atoms with Crippen molar-refractivity contribution < 1.29 is 0 Å². The third kappa shape index (κ3) is 2.08. The number of hydrogen-bond acceptors (Lipinski definition) is 0. The first kappa shape index (κ1) is 13.1. The predicted molar refractivity (Wildman–Crippen MR) is 95.0 cm³/mol. The quantitative estimate of drug-likeness (QED) is 0.396. The maximum Gasteiger partial charge on any atom is 0.0315 e. The number of hydrogen-bond donors (Lipinski definition) is 0. The molecule has 0 bridgehead atoms. The third-order valence-corrected chi connectivity index (χ3v) is 4.40. The van der Waals surface area contributed by atoms with Gasteiger partial charge in [-0.1, -0.05) is 91.9 Å². The van der Waals surface area contributed by atoms with E-state index in [0.717, 1.165) is 0 Å². The SMILES string of the molecule is C[C](c1ccccc1)c1cccc2c1ccc1ccccc12. The molecule has 0 atom stereocenters. The second-order valence-electron chi connectivity index (χ2n) is 5.68. The monoisotopic (exact) mass is 281 g/mol. The van der Waals surface area contributed by atoms with Crippen LogP contribution in [0.1, 0.15) is 18.1 Å². The van der Waals surface area contributed by atoms with Crippen molar-refractivity contribution in [2.75, 3.05) is 0 Å². The smallest absolute Gasteiger partial charge is 0.0315 e. The summed E-state index contributed by atoms with van der Waals surface area (Å²) in [7, 11) is 0. The fourth-order valence-electron chi connectivity index (χ4n) is 3.21.